The molecule has 0 aliphatic rings. The third-order valence-corrected chi connectivity index (χ3v) is 1.30. The Balaban J connectivity index is 0. The summed E-state index contributed by atoms with van der Waals surface area (Å²) >= 11 is 0. The summed E-state index contributed by atoms with van der Waals surface area (Å²) in [6.07, 6.45) is 0. The molecule has 0 radical (unpaired) electrons. The first-order valence-electron chi connectivity index (χ1n) is 2.97. The number of rotatable bonds is 1. The normalized spacial score (nSPS) is 8.27. The van der Waals surface area contributed by atoms with E-state index in [-0.39, 0.29) is 0 Å². The maximum absolute atomic E-state index is 7.89. The summed E-state index contributed by atoms with van der Waals surface area (Å²) in [7, 11) is -0.851. The zero-order valence-corrected chi connectivity index (χ0v) is 10.2. The van der Waals surface area contributed by atoms with E-state index in [1.165, 1.54) is 0 Å². The highest BCUT2D eigenvalue weighted by molar-refractivity contribution is 6.74. The summed E-state index contributed by atoms with van der Waals surface area (Å²) in [5, 5.41) is 0. The standard InChI is InChI=1S/C3H9N3Si.H3N3Si/c1-7(2,3)6-5-4;1-2-3-4/h1-3H3;4H3. The van der Waals surface area contributed by atoms with Crippen molar-refractivity contribution in [3.05, 3.63) is 20.9 Å². The van der Waals surface area contributed by atoms with Gasteiger partial charge in [-0.1, -0.05) is 19.6 Å². The van der Waals surface area contributed by atoms with E-state index < -0.39 is 8.24 Å². The van der Waals surface area contributed by atoms with Crippen molar-refractivity contribution >= 4 is 18.6 Å². The first kappa shape index (κ1) is 12.7. The third-order valence-electron chi connectivity index (χ3n) is 0.434. The monoisotopic (exact) mass is 188 g/mol. The van der Waals surface area contributed by atoms with Crippen LogP contribution in [-0.4, -0.2) is 18.6 Å². The SMILES string of the molecule is C[Si](C)(C)N=[N+]=[N-].[N-]=[N+]=N[SiH3]. The van der Waals surface area contributed by atoms with Crippen molar-refractivity contribution in [1.29, 1.82) is 0 Å². The molecule has 0 aromatic rings. The van der Waals surface area contributed by atoms with Gasteiger partial charge in [-0.3, -0.25) is 0 Å². The van der Waals surface area contributed by atoms with E-state index in [2.05, 4.69) is 19.4 Å². The molecule has 0 aromatic heterocycles. The fourth-order valence-corrected chi connectivity index (χ4v) is 0.402. The van der Waals surface area contributed by atoms with Gasteiger partial charge in [-0.25, -0.2) is 0 Å². The van der Waals surface area contributed by atoms with Crippen molar-refractivity contribution in [1.82, 2.24) is 0 Å². The quantitative estimate of drug-likeness (QED) is 0.259. The van der Waals surface area contributed by atoms with Gasteiger partial charge < -0.3 is 0 Å². The molecule has 0 atom stereocenters. The van der Waals surface area contributed by atoms with Gasteiger partial charge in [0.25, 0.3) is 0 Å². The van der Waals surface area contributed by atoms with E-state index in [0.717, 1.165) is 0 Å². The lowest BCUT2D eigenvalue weighted by Gasteiger charge is -2.01. The van der Waals surface area contributed by atoms with Crippen LogP contribution in [0.15, 0.2) is 9.56 Å². The minimum absolute atomic E-state index is 0.598. The first-order chi connectivity index (χ1) is 4.97. The Morgan fingerprint density at radius 2 is 1.55 bits per heavy atom. The number of hydrogen-bond acceptors (Lipinski definition) is 2. The molecule has 0 amide bonds. The van der Waals surface area contributed by atoms with Crippen LogP contribution >= 0.6 is 0 Å². The predicted molar refractivity (Wildman–Crippen MR) is 51.6 cm³/mol. The molecule has 0 aliphatic heterocycles. The van der Waals surface area contributed by atoms with Crippen LogP contribution in [0.5, 0.6) is 0 Å². The second-order valence-corrected chi connectivity index (χ2v) is 7.59. The maximum atomic E-state index is 7.89. The topological polar surface area (TPSA) is 97.5 Å². The van der Waals surface area contributed by atoms with Crippen molar-refractivity contribution in [3.63, 3.8) is 0 Å². The highest BCUT2D eigenvalue weighted by Gasteiger charge is 2.07. The molecule has 0 bridgehead atoms. The number of nitrogens with zero attached hydrogens (tertiary/aromatic N) is 6. The largest absolute Gasteiger partial charge is 0.146 e. The molecular weight excluding hydrogens is 176 g/mol. The minimum atomic E-state index is -1.45. The highest BCUT2D eigenvalue weighted by Crippen LogP contribution is 2.00. The van der Waals surface area contributed by atoms with Crippen LogP contribution in [0.25, 0.3) is 20.9 Å². The Morgan fingerprint density at radius 1 is 1.18 bits per heavy atom. The Kier molecular flexibility index (Phi) is 8.27. The van der Waals surface area contributed by atoms with Gasteiger partial charge in [0.05, 0.1) is 0 Å². The van der Waals surface area contributed by atoms with Gasteiger partial charge in [0.1, 0.15) is 18.6 Å². The summed E-state index contributed by atoms with van der Waals surface area (Å²) in [4.78, 5) is 5.12. The number of azide groups is 2. The Morgan fingerprint density at radius 3 is 1.55 bits per heavy atom. The van der Waals surface area contributed by atoms with E-state index >= 15 is 0 Å². The third kappa shape index (κ3) is 27.4. The summed E-state index contributed by atoms with van der Waals surface area (Å²) in [5.41, 5.74) is 15.3. The van der Waals surface area contributed by atoms with Crippen LogP contribution in [0.3, 0.4) is 0 Å². The molecule has 0 saturated carbocycles. The lowest BCUT2D eigenvalue weighted by Crippen LogP contribution is -2.13. The molecule has 0 spiro atoms. The lowest BCUT2D eigenvalue weighted by molar-refractivity contribution is 1.52. The first-order valence-corrected chi connectivity index (χ1v) is 7.31. The van der Waals surface area contributed by atoms with Gasteiger partial charge in [0.15, 0.2) is 0 Å². The average Bonchev–Trinajstić information content (AvgIpc) is 1.86. The van der Waals surface area contributed by atoms with Gasteiger partial charge in [-0.15, -0.1) is 9.56 Å². The zero-order valence-electron chi connectivity index (χ0n) is 7.18. The summed E-state index contributed by atoms with van der Waals surface area (Å²) < 4.78 is 6.63. The van der Waals surface area contributed by atoms with Gasteiger partial charge in [-0.2, -0.15) is 0 Å². The van der Waals surface area contributed by atoms with E-state index in [1.54, 1.807) is 0 Å². The molecular formula is C3H12N6Si2. The zero-order chi connectivity index (χ0) is 9.33. The molecule has 0 heterocycles. The van der Waals surface area contributed by atoms with Crippen molar-refractivity contribution in [2.24, 2.45) is 9.56 Å². The average molecular weight is 188 g/mol. The van der Waals surface area contributed by atoms with E-state index in [4.69, 9.17) is 11.1 Å². The Hall–Kier alpha value is -0.946. The molecule has 0 aliphatic carbocycles. The maximum Gasteiger partial charge on any atom is 0.146 e. The number of hydrogen-bond donors (Lipinski definition) is 0. The summed E-state index contributed by atoms with van der Waals surface area (Å²) in [5.74, 6) is 0. The van der Waals surface area contributed by atoms with Crippen LogP contribution < -0.4 is 0 Å². The molecule has 8 heteroatoms. The van der Waals surface area contributed by atoms with E-state index in [1.807, 2.05) is 19.6 Å². The molecule has 62 valence electrons. The molecule has 0 rings (SSSR count). The van der Waals surface area contributed by atoms with Crippen molar-refractivity contribution in [3.8, 4) is 0 Å². The molecule has 0 saturated heterocycles. The smallest absolute Gasteiger partial charge is 0.136 e. The molecule has 0 fully saturated rings. The van der Waals surface area contributed by atoms with Crippen molar-refractivity contribution in [2.75, 3.05) is 0 Å². The molecule has 6 nitrogen and oxygen atoms in total. The summed E-state index contributed by atoms with van der Waals surface area (Å²) in [6, 6.07) is 0. The van der Waals surface area contributed by atoms with Crippen molar-refractivity contribution in [2.45, 2.75) is 19.6 Å². The molecule has 0 aromatic carbocycles. The minimum Gasteiger partial charge on any atom is -0.136 e. The molecule has 0 N–H and O–H groups in total. The molecule has 0 unspecified atom stereocenters. The van der Waals surface area contributed by atoms with Crippen LogP contribution in [0.1, 0.15) is 0 Å². The van der Waals surface area contributed by atoms with Crippen LogP contribution in [0, 0.1) is 0 Å². The van der Waals surface area contributed by atoms with E-state index in [9.17, 15) is 0 Å². The second-order valence-electron chi connectivity index (χ2n) is 2.65. The van der Waals surface area contributed by atoms with E-state index in [0.29, 0.717) is 10.4 Å². The Bertz CT molecular complexity index is 182. The van der Waals surface area contributed by atoms with Crippen LogP contribution in [-0.2, 0) is 0 Å². The Labute approximate surface area is 69.5 Å². The van der Waals surface area contributed by atoms with Gasteiger partial charge >= 0.3 is 0 Å². The van der Waals surface area contributed by atoms with Crippen molar-refractivity contribution < 1.29 is 0 Å². The second kappa shape index (κ2) is 7.16. The van der Waals surface area contributed by atoms with Gasteiger partial charge in [0.2, 0.25) is 0 Å². The fraction of sp³-hybridized carbons (Fsp3) is 1.00. The molecule has 11 heavy (non-hydrogen) atoms. The van der Waals surface area contributed by atoms with Crippen LogP contribution in [0.2, 0.25) is 19.6 Å². The highest BCUT2D eigenvalue weighted by atomic mass is 28.3. The predicted octanol–water partition coefficient (Wildman–Crippen LogP) is 1.71. The van der Waals surface area contributed by atoms with Gasteiger partial charge in [0, 0.05) is 0 Å². The fourth-order valence-electron chi connectivity index (χ4n) is 0.134. The van der Waals surface area contributed by atoms with Gasteiger partial charge in [-0.05, 0) is 20.9 Å². The lowest BCUT2D eigenvalue weighted by atomic mass is 11.8. The van der Waals surface area contributed by atoms with Crippen LogP contribution in [0.4, 0.5) is 0 Å². The summed E-state index contributed by atoms with van der Waals surface area (Å²) in [6.45, 7) is 5.98.